The maximum atomic E-state index is 12.5. The van der Waals surface area contributed by atoms with E-state index >= 15 is 0 Å². The van der Waals surface area contributed by atoms with Gasteiger partial charge in [-0.2, -0.15) is 4.98 Å². The molecule has 27 heavy (non-hydrogen) atoms. The van der Waals surface area contributed by atoms with Crippen molar-refractivity contribution >= 4 is 21.4 Å². The average Bonchev–Trinajstić information content (AvgIpc) is 3.28. The fourth-order valence-corrected chi connectivity index (χ4v) is 4.25. The van der Waals surface area contributed by atoms with Crippen molar-refractivity contribution in [2.45, 2.75) is 12.2 Å². The van der Waals surface area contributed by atoms with E-state index in [-0.39, 0.29) is 5.89 Å². The van der Waals surface area contributed by atoms with Crippen LogP contribution in [0.5, 0.6) is 0 Å². The van der Waals surface area contributed by atoms with E-state index in [1.54, 1.807) is 12.1 Å². The summed E-state index contributed by atoms with van der Waals surface area (Å²) >= 11 is 0. The molecule has 0 saturated heterocycles. The minimum atomic E-state index is -3.73. The maximum Gasteiger partial charge on any atom is 0.242 e. The number of carbonyl (C=O) groups is 1. The summed E-state index contributed by atoms with van der Waals surface area (Å²) in [6.07, 6.45) is 0.728. The van der Waals surface area contributed by atoms with Crippen LogP contribution < -0.4 is 4.90 Å². The van der Waals surface area contributed by atoms with Crippen LogP contribution in [0.25, 0.3) is 11.4 Å². The Morgan fingerprint density at radius 2 is 1.81 bits per heavy atom. The number of rotatable bonds is 5. The predicted molar refractivity (Wildman–Crippen MR) is 99.7 cm³/mol. The monoisotopic (exact) mass is 383 g/mol. The van der Waals surface area contributed by atoms with Gasteiger partial charge in [0.25, 0.3) is 0 Å². The fourth-order valence-electron chi connectivity index (χ4n) is 3.12. The molecule has 0 aliphatic carbocycles. The standard InChI is InChI=1S/C19H17N3O4S/c23-18(22-11-10-14-6-4-5-9-16(14)22)13-27(24,25)12-17-20-19(21-26-17)15-7-2-1-3-8-15/h1-9H,10-13H2. The number of aromatic nitrogens is 2. The Kier molecular flexibility index (Phi) is 4.49. The van der Waals surface area contributed by atoms with E-state index < -0.39 is 27.3 Å². The van der Waals surface area contributed by atoms with E-state index in [1.165, 1.54) is 4.90 Å². The second-order valence-corrected chi connectivity index (χ2v) is 8.40. The van der Waals surface area contributed by atoms with Crippen molar-refractivity contribution in [3.8, 4) is 11.4 Å². The number of amides is 1. The second-order valence-electron chi connectivity index (χ2n) is 6.33. The van der Waals surface area contributed by atoms with Gasteiger partial charge < -0.3 is 9.42 Å². The molecule has 1 amide bonds. The van der Waals surface area contributed by atoms with E-state index in [4.69, 9.17) is 4.52 Å². The zero-order chi connectivity index (χ0) is 18.9. The molecule has 0 atom stereocenters. The zero-order valence-electron chi connectivity index (χ0n) is 14.4. The van der Waals surface area contributed by atoms with Gasteiger partial charge in [-0.05, 0) is 18.1 Å². The first-order valence-electron chi connectivity index (χ1n) is 8.48. The van der Waals surface area contributed by atoms with Gasteiger partial charge in [-0.1, -0.05) is 53.7 Å². The Balaban J connectivity index is 1.45. The Labute approximate surface area is 156 Å². The summed E-state index contributed by atoms with van der Waals surface area (Å²) in [6, 6.07) is 16.6. The molecule has 0 N–H and O–H groups in total. The van der Waals surface area contributed by atoms with Crippen LogP contribution in [0.3, 0.4) is 0 Å². The molecule has 2 heterocycles. The lowest BCUT2D eigenvalue weighted by molar-refractivity contribution is -0.116. The lowest BCUT2D eigenvalue weighted by Crippen LogP contribution is -2.34. The summed E-state index contributed by atoms with van der Waals surface area (Å²) < 4.78 is 30.0. The molecule has 1 aromatic heterocycles. The molecule has 7 nitrogen and oxygen atoms in total. The minimum absolute atomic E-state index is 0.0246. The molecule has 0 bridgehead atoms. The van der Waals surface area contributed by atoms with E-state index in [0.29, 0.717) is 12.4 Å². The zero-order valence-corrected chi connectivity index (χ0v) is 15.2. The van der Waals surface area contributed by atoms with Gasteiger partial charge in [-0.25, -0.2) is 8.42 Å². The summed E-state index contributed by atoms with van der Waals surface area (Å²) in [6.45, 7) is 0.492. The molecular formula is C19H17N3O4S. The van der Waals surface area contributed by atoms with E-state index in [9.17, 15) is 13.2 Å². The van der Waals surface area contributed by atoms with Gasteiger partial charge in [0.15, 0.2) is 9.84 Å². The van der Waals surface area contributed by atoms with Gasteiger partial charge in [-0.3, -0.25) is 4.79 Å². The van der Waals surface area contributed by atoms with Crippen LogP contribution in [-0.4, -0.2) is 36.8 Å². The summed E-state index contributed by atoms with van der Waals surface area (Å²) in [5, 5.41) is 3.81. The maximum absolute atomic E-state index is 12.5. The molecule has 2 aromatic carbocycles. The molecule has 0 fully saturated rings. The van der Waals surface area contributed by atoms with Crippen LogP contribution in [-0.2, 0) is 26.8 Å². The van der Waals surface area contributed by atoms with Crippen molar-refractivity contribution in [2.75, 3.05) is 17.2 Å². The number of hydrogen-bond acceptors (Lipinski definition) is 6. The number of nitrogens with zero attached hydrogens (tertiary/aromatic N) is 3. The first kappa shape index (κ1) is 17.4. The molecule has 0 saturated carbocycles. The number of benzene rings is 2. The third-order valence-corrected chi connectivity index (χ3v) is 5.75. The molecule has 0 spiro atoms. The summed E-state index contributed by atoms with van der Waals surface area (Å²) in [7, 11) is -3.73. The molecule has 3 aromatic rings. The van der Waals surface area contributed by atoms with Gasteiger partial charge >= 0.3 is 0 Å². The second kappa shape index (κ2) is 6.96. The number of carbonyl (C=O) groups excluding carboxylic acids is 1. The smallest absolute Gasteiger partial charge is 0.242 e. The number of anilines is 1. The topological polar surface area (TPSA) is 93.4 Å². The van der Waals surface area contributed by atoms with Crippen molar-refractivity contribution in [3.05, 3.63) is 66.1 Å². The molecule has 1 aliphatic rings. The largest absolute Gasteiger partial charge is 0.338 e. The molecule has 1 aliphatic heterocycles. The highest BCUT2D eigenvalue weighted by Gasteiger charge is 2.29. The van der Waals surface area contributed by atoms with Crippen LogP contribution in [0.2, 0.25) is 0 Å². The molecule has 0 radical (unpaired) electrons. The lowest BCUT2D eigenvalue weighted by Gasteiger charge is -2.16. The highest BCUT2D eigenvalue weighted by molar-refractivity contribution is 7.91. The minimum Gasteiger partial charge on any atom is -0.338 e. The van der Waals surface area contributed by atoms with Crippen LogP contribution in [0.15, 0.2) is 59.1 Å². The van der Waals surface area contributed by atoms with E-state index in [1.807, 2.05) is 42.5 Å². The number of fused-ring (bicyclic) bond motifs is 1. The summed E-state index contributed by atoms with van der Waals surface area (Å²) in [5.41, 5.74) is 2.56. The highest BCUT2D eigenvalue weighted by Crippen LogP contribution is 2.27. The van der Waals surface area contributed by atoms with Crippen LogP contribution in [0.4, 0.5) is 5.69 Å². The number of sulfone groups is 1. The van der Waals surface area contributed by atoms with E-state index in [2.05, 4.69) is 10.1 Å². The average molecular weight is 383 g/mol. The van der Waals surface area contributed by atoms with Crippen molar-refractivity contribution < 1.29 is 17.7 Å². The lowest BCUT2D eigenvalue weighted by atomic mass is 10.2. The fraction of sp³-hybridized carbons (Fsp3) is 0.211. The van der Waals surface area contributed by atoms with Gasteiger partial charge in [0.05, 0.1) is 0 Å². The van der Waals surface area contributed by atoms with E-state index in [0.717, 1.165) is 23.2 Å². The third kappa shape index (κ3) is 3.75. The number of para-hydroxylation sites is 1. The molecule has 4 rings (SSSR count). The van der Waals surface area contributed by atoms with Crippen molar-refractivity contribution in [3.63, 3.8) is 0 Å². The number of hydrogen-bond donors (Lipinski definition) is 0. The molecule has 8 heteroatoms. The Morgan fingerprint density at radius 1 is 1.07 bits per heavy atom. The van der Waals surface area contributed by atoms with Gasteiger partial charge in [0.2, 0.25) is 17.6 Å². The van der Waals surface area contributed by atoms with Crippen LogP contribution in [0, 0.1) is 0 Å². The Bertz CT molecular complexity index is 1080. The van der Waals surface area contributed by atoms with Gasteiger partial charge in [-0.15, -0.1) is 0 Å². The van der Waals surface area contributed by atoms with Crippen molar-refractivity contribution in [2.24, 2.45) is 0 Å². The highest BCUT2D eigenvalue weighted by atomic mass is 32.2. The predicted octanol–water partition coefficient (Wildman–Crippen LogP) is 2.24. The molecule has 0 unspecified atom stereocenters. The Hall–Kier alpha value is -3.00. The quantitative estimate of drug-likeness (QED) is 0.671. The molecule has 138 valence electrons. The van der Waals surface area contributed by atoms with Gasteiger partial charge in [0, 0.05) is 17.8 Å². The summed E-state index contributed by atoms with van der Waals surface area (Å²) in [4.78, 5) is 18.2. The van der Waals surface area contributed by atoms with Crippen LogP contribution in [0.1, 0.15) is 11.5 Å². The first-order chi connectivity index (χ1) is 13.0. The van der Waals surface area contributed by atoms with Crippen molar-refractivity contribution in [1.29, 1.82) is 0 Å². The summed E-state index contributed by atoms with van der Waals surface area (Å²) in [5.74, 6) is -1.20. The van der Waals surface area contributed by atoms with Gasteiger partial charge in [0.1, 0.15) is 11.5 Å². The molecular weight excluding hydrogens is 366 g/mol. The Morgan fingerprint density at radius 3 is 2.63 bits per heavy atom. The van der Waals surface area contributed by atoms with Crippen LogP contribution >= 0.6 is 0 Å². The third-order valence-electron chi connectivity index (χ3n) is 4.38. The normalized spacial score (nSPS) is 13.6. The first-order valence-corrected chi connectivity index (χ1v) is 10.3. The van der Waals surface area contributed by atoms with Crippen molar-refractivity contribution in [1.82, 2.24) is 10.1 Å². The SMILES string of the molecule is O=C(CS(=O)(=O)Cc1nc(-c2ccccc2)no1)N1CCc2ccccc21.